The molecule has 0 heterocycles. The second-order valence-corrected chi connectivity index (χ2v) is 5.00. The third-order valence-corrected chi connectivity index (χ3v) is 3.68. The molecular formula is C17H18F2O2. The first-order chi connectivity index (χ1) is 9.95. The lowest BCUT2D eigenvalue weighted by molar-refractivity contribution is 0.150. The van der Waals surface area contributed by atoms with Crippen LogP contribution in [-0.2, 0) is 0 Å². The summed E-state index contributed by atoms with van der Waals surface area (Å²) in [5.41, 5.74) is 2.87. The van der Waals surface area contributed by atoms with Gasteiger partial charge < -0.3 is 9.84 Å². The molecule has 0 aliphatic rings. The monoisotopic (exact) mass is 292 g/mol. The standard InChI is InChI=1S/C17H18F2O2/c1-10-7-8-14(16(21-3)11(10)2)15(20)12-5-4-6-13(9-12)17(18)19/h4-9,15,17,20H,1-3H3. The maximum absolute atomic E-state index is 12.8. The van der Waals surface area contributed by atoms with Gasteiger partial charge in [-0.25, -0.2) is 8.78 Å². The average molecular weight is 292 g/mol. The van der Waals surface area contributed by atoms with Gasteiger partial charge in [-0.05, 0) is 36.6 Å². The molecule has 21 heavy (non-hydrogen) atoms. The number of aliphatic hydroxyl groups is 1. The molecule has 0 bridgehead atoms. The smallest absolute Gasteiger partial charge is 0.263 e. The Morgan fingerprint density at radius 1 is 1.05 bits per heavy atom. The lowest BCUT2D eigenvalue weighted by Gasteiger charge is -2.18. The van der Waals surface area contributed by atoms with E-state index in [1.165, 1.54) is 25.3 Å². The first-order valence-corrected chi connectivity index (χ1v) is 6.66. The summed E-state index contributed by atoms with van der Waals surface area (Å²) in [6.45, 7) is 3.85. The Morgan fingerprint density at radius 2 is 1.71 bits per heavy atom. The van der Waals surface area contributed by atoms with Crippen LogP contribution in [0, 0.1) is 13.8 Å². The summed E-state index contributed by atoms with van der Waals surface area (Å²) in [4.78, 5) is 0. The Kier molecular flexibility index (Phi) is 4.58. The molecule has 0 fully saturated rings. The van der Waals surface area contributed by atoms with Gasteiger partial charge in [0, 0.05) is 11.1 Å². The highest BCUT2D eigenvalue weighted by molar-refractivity contribution is 5.49. The Balaban J connectivity index is 2.47. The van der Waals surface area contributed by atoms with Crippen molar-refractivity contribution in [2.24, 2.45) is 0 Å². The number of rotatable bonds is 4. The van der Waals surface area contributed by atoms with Crippen molar-refractivity contribution in [3.05, 3.63) is 64.2 Å². The van der Waals surface area contributed by atoms with Crippen molar-refractivity contribution in [3.63, 3.8) is 0 Å². The Hall–Kier alpha value is -1.94. The van der Waals surface area contributed by atoms with E-state index in [1.54, 1.807) is 12.1 Å². The van der Waals surface area contributed by atoms with Gasteiger partial charge in [-0.3, -0.25) is 0 Å². The van der Waals surface area contributed by atoms with Crippen LogP contribution >= 0.6 is 0 Å². The van der Waals surface area contributed by atoms with Crippen molar-refractivity contribution < 1.29 is 18.6 Å². The number of ether oxygens (including phenoxy) is 1. The topological polar surface area (TPSA) is 29.5 Å². The van der Waals surface area contributed by atoms with E-state index in [4.69, 9.17) is 4.74 Å². The van der Waals surface area contributed by atoms with E-state index < -0.39 is 12.5 Å². The van der Waals surface area contributed by atoms with Gasteiger partial charge in [-0.1, -0.05) is 30.3 Å². The molecular weight excluding hydrogens is 274 g/mol. The summed E-state index contributed by atoms with van der Waals surface area (Å²) in [6.07, 6.45) is -3.56. The highest BCUT2D eigenvalue weighted by atomic mass is 19.3. The molecule has 2 aromatic carbocycles. The van der Waals surface area contributed by atoms with Crippen LogP contribution in [0.25, 0.3) is 0 Å². The third-order valence-electron chi connectivity index (χ3n) is 3.68. The molecule has 0 saturated carbocycles. The van der Waals surface area contributed by atoms with Gasteiger partial charge in [0.25, 0.3) is 6.43 Å². The zero-order valence-electron chi connectivity index (χ0n) is 12.2. The normalized spacial score (nSPS) is 12.5. The van der Waals surface area contributed by atoms with Gasteiger partial charge in [0.2, 0.25) is 0 Å². The molecule has 2 rings (SSSR count). The van der Waals surface area contributed by atoms with Crippen molar-refractivity contribution >= 4 is 0 Å². The van der Waals surface area contributed by atoms with Crippen LogP contribution in [0.1, 0.15) is 40.3 Å². The van der Waals surface area contributed by atoms with Crippen LogP contribution in [0.5, 0.6) is 5.75 Å². The minimum Gasteiger partial charge on any atom is -0.496 e. The maximum atomic E-state index is 12.8. The van der Waals surface area contributed by atoms with Crippen molar-refractivity contribution in [2.45, 2.75) is 26.4 Å². The van der Waals surface area contributed by atoms with E-state index in [-0.39, 0.29) is 5.56 Å². The fraction of sp³-hybridized carbons (Fsp3) is 0.294. The average Bonchev–Trinajstić information content (AvgIpc) is 2.49. The van der Waals surface area contributed by atoms with E-state index >= 15 is 0 Å². The fourth-order valence-corrected chi connectivity index (χ4v) is 2.34. The summed E-state index contributed by atoms with van der Waals surface area (Å²) in [6, 6.07) is 9.47. The molecule has 0 saturated heterocycles. The van der Waals surface area contributed by atoms with Gasteiger partial charge in [0.05, 0.1) is 7.11 Å². The highest BCUT2D eigenvalue weighted by Crippen LogP contribution is 2.35. The fourth-order valence-electron chi connectivity index (χ4n) is 2.34. The Bertz CT molecular complexity index is 639. The minimum absolute atomic E-state index is 0.102. The molecule has 112 valence electrons. The zero-order chi connectivity index (χ0) is 15.6. The number of methoxy groups -OCH3 is 1. The number of halogens is 2. The number of hydrogen-bond donors (Lipinski definition) is 1. The lowest BCUT2D eigenvalue weighted by Crippen LogP contribution is -2.05. The molecule has 1 N–H and O–H groups in total. The molecule has 2 nitrogen and oxygen atoms in total. The molecule has 0 radical (unpaired) electrons. The number of benzene rings is 2. The van der Waals surface area contributed by atoms with E-state index in [1.807, 2.05) is 19.9 Å². The molecule has 0 amide bonds. The summed E-state index contributed by atoms with van der Waals surface area (Å²) >= 11 is 0. The number of hydrogen-bond acceptors (Lipinski definition) is 2. The minimum atomic E-state index is -2.56. The summed E-state index contributed by atoms with van der Waals surface area (Å²) in [7, 11) is 1.54. The predicted octanol–water partition coefficient (Wildman–Crippen LogP) is 4.33. The zero-order valence-corrected chi connectivity index (χ0v) is 12.2. The van der Waals surface area contributed by atoms with E-state index in [2.05, 4.69) is 0 Å². The summed E-state index contributed by atoms with van der Waals surface area (Å²) < 4.78 is 30.9. The largest absolute Gasteiger partial charge is 0.496 e. The van der Waals surface area contributed by atoms with Crippen molar-refractivity contribution in [2.75, 3.05) is 7.11 Å². The van der Waals surface area contributed by atoms with Gasteiger partial charge >= 0.3 is 0 Å². The van der Waals surface area contributed by atoms with Crippen LogP contribution in [0.3, 0.4) is 0 Å². The molecule has 1 unspecified atom stereocenters. The van der Waals surface area contributed by atoms with Gasteiger partial charge in [0.1, 0.15) is 11.9 Å². The van der Waals surface area contributed by atoms with Crippen molar-refractivity contribution in [3.8, 4) is 5.75 Å². The van der Waals surface area contributed by atoms with Gasteiger partial charge in [0.15, 0.2) is 0 Å². The van der Waals surface area contributed by atoms with Gasteiger partial charge in [-0.15, -0.1) is 0 Å². The first kappa shape index (κ1) is 15.4. The third kappa shape index (κ3) is 3.05. The molecule has 0 aliphatic carbocycles. The van der Waals surface area contributed by atoms with Crippen LogP contribution in [0.15, 0.2) is 36.4 Å². The van der Waals surface area contributed by atoms with E-state index in [0.717, 1.165) is 11.1 Å². The molecule has 0 spiro atoms. The van der Waals surface area contributed by atoms with Crippen LogP contribution in [0.2, 0.25) is 0 Å². The molecule has 2 aromatic rings. The van der Waals surface area contributed by atoms with Crippen molar-refractivity contribution in [1.29, 1.82) is 0 Å². The Labute approximate surface area is 123 Å². The highest BCUT2D eigenvalue weighted by Gasteiger charge is 2.19. The summed E-state index contributed by atoms with van der Waals surface area (Å²) in [5.74, 6) is 0.588. The SMILES string of the molecule is COc1c(C(O)c2cccc(C(F)F)c2)ccc(C)c1C. The molecule has 0 aromatic heterocycles. The second kappa shape index (κ2) is 6.22. The lowest BCUT2D eigenvalue weighted by atomic mass is 9.95. The van der Waals surface area contributed by atoms with Crippen LogP contribution in [0.4, 0.5) is 8.78 Å². The maximum Gasteiger partial charge on any atom is 0.263 e. The number of aryl methyl sites for hydroxylation is 1. The van der Waals surface area contributed by atoms with Crippen molar-refractivity contribution in [1.82, 2.24) is 0 Å². The summed E-state index contributed by atoms with van der Waals surface area (Å²) in [5, 5.41) is 10.5. The first-order valence-electron chi connectivity index (χ1n) is 6.66. The second-order valence-electron chi connectivity index (χ2n) is 5.00. The molecule has 4 heteroatoms. The molecule has 1 atom stereocenters. The van der Waals surface area contributed by atoms with E-state index in [0.29, 0.717) is 16.9 Å². The number of aliphatic hydroxyl groups excluding tert-OH is 1. The predicted molar refractivity (Wildman–Crippen MR) is 77.9 cm³/mol. The Morgan fingerprint density at radius 3 is 2.33 bits per heavy atom. The number of alkyl halides is 2. The van der Waals surface area contributed by atoms with Crippen LogP contribution < -0.4 is 4.74 Å². The van der Waals surface area contributed by atoms with Gasteiger partial charge in [-0.2, -0.15) is 0 Å². The molecule has 0 aliphatic heterocycles. The quantitative estimate of drug-likeness (QED) is 0.908. The van der Waals surface area contributed by atoms with E-state index in [9.17, 15) is 13.9 Å². The van der Waals surface area contributed by atoms with Crippen LogP contribution in [-0.4, -0.2) is 12.2 Å².